The maximum absolute atomic E-state index is 12.7. The third kappa shape index (κ3) is 4.43. The SMILES string of the molecule is CCS(=O)(=O)c1cccc(C(=O)N=c2sc3cc(Br)ccc3n2CCOC)c1. The first-order chi connectivity index (χ1) is 13.4. The molecule has 6 nitrogen and oxygen atoms in total. The summed E-state index contributed by atoms with van der Waals surface area (Å²) in [5.74, 6) is -0.505. The van der Waals surface area contributed by atoms with Gasteiger partial charge >= 0.3 is 0 Å². The highest BCUT2D eigenvalue weighted by Gasteiger charge is 2.15. The van der Waals surface area contributed by atoms with Gasteiger partial charge in [0.1, 0.15) is 0 Å². The van der Waals surface area contributed by atoms with Crippen molar-refractivity contribution in [2.75, 3.05) is 19.5 Å². The molecule has 0 aliphatic heterocycles. The van der Waals surface area contributed by atoms with Crippen molar-refractivity contribution in [1.82, 2.24) is 4.57 Å². The molecule has 0 fully saturated rings. The number of hydrogen-bond donors (Lipinski definition) is 0. The number of sulfone groups is 1. The molecule has 1 heterocycles. The van der Waals surface area contributed by atoms with Crippen LogP contribution in [0.4, 0.5) is 0 Å². The first-order valence-corrected chi connectivity index (χ1v) is 11.8. The minimum Gasteiger partial charge on any atom is -0.383 e. The second-order valence-electron chi connectivity index (χ2n) is 5.99. The number of benzene rings is 2. The van der Waals surface area contributed by atoms with E-state index in [1.165, 1.54) is 23.5 Å². The third-order valence-electron chi connectivity index (χ3n) is 4.18. The van der Waals surface area contributed by atoms with Crippen molar-refractivity contribution in [3.8, 4) is 0 Å². The van der Waals surface area contributed by atoms with Gasteiger partial charge in [-0.2, -0.15) is 4.99 Å². The summed E-state index contributed by atoms with van der Waals surface area (Å²) >= 11 is 4.86. The molecule has 9 heteroatoms. The Morgan fingerprint density at radius 2 is 2.04 bits per heavy atom. The molecule has 1 aromatic heterocycles. The van der Waals surface area contributed by atoms with Crippen LogP contribution in [0.2, 0.25) is 0 Å². The van der Waals surface area contributed by atoms with Crippen LogP contribution in [0.1, 0.15) is 17.3 Å². The van der Waals surface area contributed by atoms with E-state index in [2.05, 4.69) is 20.9 Å². The van der Waals surface area contributed by atoms with Crippen molar-refractivity contribution in [3.63, 3.8) is 0 Å². The molecule has 2 aromatic carbocycles. The first-order valence-electron chi connectivity index (χ1n) is 8.55. The lowest BCUT2D eigenvalue weighted by Gasteiger charge is -2.05. The van der Waals surface area contributed by atoms with E-state index in [0.717, 1.165) is 14.7 Å². The van der Waals surface area contributed by atoms with Crippen molar-refractivity contribution in [3.05, 3.63) is 57.3 Å². The molecule has 0 aliphatic rings. The van der Waals surface area contributed by atoms with Gasteiger partial charge in [-0.05, 0) is 36.4 Å². The zero-order valence-electron chi connectivity index (χ0n) is 15.4. The summed E-state index contributed by atoms with van der Waals surface area (Å²) < 4.78 is 33.2. The number of carbonyl (C=O) groups excluding carboxylic acids is 1. The molecule has 148 valence electrons. The number of amides is 1. The van der Waals surface area contributed by atoms with Crippen LogP contribution in [0.15, 0.2) is 56.8 Å². The number of aromatic nitrogens is 1. The lowest BCUT2D eigenvalue weighted by Crippen LogP contribution is -2.19. The van der Waals surface area contributed by atoms with Crippen LogP contribution in [0.5, 0.6) is 0 Å². The zero-order valence-corrected chi connectivity index (χ0v) is 18.6. The molecule has 3 rings (SSSR count). The van der Waals surface area contributed by atoms with Gasteiger partial charge in [0.15, 0.2) is 14.6 Å². The summed E-state index contributed by atoms with van der Waals surface area (Å²) in [6.07, 6.45) is 0. The number of carbonyl (C=O) groups is 1. The Bertz CT molecular complexity index is 1200. The quantitative estimate of drug-likeness (QED) is 0.537. The molecule has 0 radical (unpaired) electrons. The summed E-state index contributed by atoms with van der Waals surface area (Å²) in [5, 5.41) is 0. The maximum atomic E-state index is 12.7. The van der Waals surface area contributed by atoms with E-state index in [-0.39, 0.29) is 16.2 Å². The molecular weight excluding hydrogens is 464 g/mol. The van der Waals surface area contributed by atoms with Gasteiger partial charge in [-0.25, -0.2) is 8.42 Å². The van der Waals surface area contributed by atoms with Crippen molar-refractivity contribution in [2.24, 2.45) is 4.99 Å². The van der Waals surface area contributed by atoms with E-state index in [1.54, 1.807) is 26.2 Å². The Morgan fingerprint density at radius 1 is 1.25 bits per heavy atom. The zero-order chi connectivity index (χ0) is 20.3. The number of methoxy groups -OCH3 is 1. The normalized spacial score (nSPS) is 12.6. The highest BCUT2D eigenvalue weighted by Crippen LogP contribution is 2.22. The minimum atomic E-state index is -3.39. The molecule has 0 saturated carbocycles. The van der Waals surface area contributed by atoms with E-state index in [1.807, 2.05) is 22.8 Å². The molecule has 0 bridgehead atoms. The van der Waals surface area contributed by atoms with Gasteiger partial charge in [0.05, 0.1) is 27.5 Å². The summed E-state index contributed by atoms with van der Waals surface area (Å²) in [5.41, 5.74) is 1.20. The maximum Gasteiger partial charge on any atom is 0.279 e. The van der Waals surface area contributed by atoms with Crippen LogP contribution in [0.25, 0.3) is 10.2 Å². The predicted molar refractivity (Wildman–Crippen MR) is 113 cm³/mol. The Kier molecular flexibility index (Phi) is 6.49. The van der Waals surface area contributed by atoms with Gasteiger partial charge in [0.25, 0.3) is 5.91 Å². The van der Waals surface area contributed by atoms with Crippen LogP contribution in [0.3, 0.4) is 0 Å². The summed E-state index contributed by atoms with van der Waals surface area (Å²) in [4.78, 5) is 17.7. The predicted octanol–water partition coefficient (Wildman–Crippen LogP) is 3.65. The number of fused-ring (bicyclic) bond motifs is 1. The number of halogens is 1. The van der Waals surface area contributed by atoms with Gasteiger partial charge in [0.2, 0.25) is 0 Å². The average Bonchev–Trinajstić information content (AvgIpc) is 3.02. The molecule has 0 N–H and O–H groups in total. The van der Waals surface area contributed by atoms with Crippen LogP contribution in [-0.2, 0) is 21.1 Å². The summed E-state index contributed by atoms with van der Waals surface area (Å²) in [7, 11) is -1.77. The lowest BCUT2D eigenvalue weighted by molar-refractivity contribution is 0.0997. The first kappa shape index (κ1) is 20.9. The molecule has 1 amide bonds. The summed E-state index contributed by atoms with van der Waals surface area (Å²) in [6.45, 7) is 2.60. The molecule has 0 saturated heterocycles. The van der Waals surface area contributed by atoms with Gasteiger partial charge in [-0.15, -0.1) is 0 Å². The largest absolute Gasteiger partial charge is 0.383 e. The molecule has 0 aliphatic carbocycles. The van der Waals surface area contributed by atoms with E-state index >= 15 is 0 Å². The monoisotopic (exact) mass is 482 g/mol. The lowest BCUT2D eigenvalue weighted by atomic mass is 10.2. The van der Waals surface area contributed by atoms with Crippen LogP contribution in [-0.4, -0.2) is 38.4 Å². The fraction of sp³-hybridized carbons (Fsp3) is 0.263. The highest BCUT2D eigenvalue weighted by atomic mass is 79.9. The van der Waals surface area contributed by atoms with Gasteiger partial charge in [-0.3, -0.25) is 4.79 Å². The average molecular weight is 483 g/mol. The van der Waals surface area contributed by atoms with E-state index in [9.17, 15) is 13.2 Å². The van der Waals surface area contributed by atoms with E-state index < -0.39 is 15.7 Å². The van der Waals surface area contributed by atoms with Crippen LogP contribution in [0, 0.1) is 0 Å². The number of ether oxygens (including phenoxy) is 1. The number of thiazole rings is 1. The van der Waals surface area contributed by atoms with Gasteiger partial charge in [0, 0.05) is 23.7 Å². The minimum absolute atomic E-state index is 0.0238. The second kappa shape index (κ2) is 8.69. The Labute approximate surface area is 175 Å². The molecule has 0 atom stereocenters. The number of rotatable bonds is 6. The molecule has 0 unspecified atom stereocenters. The molecule has 28 heavy (non-hydrogen) atoms. The molecular formula is C19H19BrN2O4S2. The van der Waals surface area contributed by atoms with Crippen molar-refractivity contribution in [2.45, 2.75) is 18.4 Å². The smallest absolute Gasteiger partial charge is 0.279 e. The third-order valence-corrected chi connectivity index (χ3v) is 7.45. The van der Waals surface area contributed by atoms with Crippen LogP contribution < -0.4 is 4.80 Å². The Balaban J connectivity index is 2.09. The van der Waals surface area contributed by atoms with Crippen molar-refractivity contribution >= 4 is 53.2 Å². The fourth-order valence-electron chi connectivity index (χ4n) is 2.67. The second-order valence-corrected chi connectivity index (χ2v) is 10.2. The number of hydrogen-bond acceptors (Lipinski definition) is 5. The van der Waals surface area contributed by atoms with E-state index in [4.69, 9.17) is 4.74 Å². The van der Waals surface area contributed by atoms with Crippen LogP contribution >= 0.6 is 27.3 Å². The van der Waals surface area contributed by atoms with E-state index in [0.29, 0.717) is 18.0 Å². The van der Waals surface area contributed by atoms with Gasteiger partial charge in [-0.1, -0.05) is 40.3 Å². The van der Waals surface area contributed by atoms with Crippen molar-refractivity contribution in [1.29, 1.82) is 0 Å². The standard InChI is InChI=1S/C19H19BrN2O4S2/c1-3-28(24,25)15-6-4-5-13(11-15)18(23)21-19-22(9-10-26-2)16-8-7-14(20)12-17(16)27-19/h4-8,11-12H,3,9-10H2,1-2H3. The highest BCUT2D eigenvalue weighted by molar-refractivity contribution is 9.10. The Morgan fingerprint density at radius 3 is 2.75 bits per heavy atom. The molecule has 3 aromatic rings. The summed E-state index contributed by atoms with van der Waals surface area (Å²) in [6, 6.07) is 11.9. The Hall–Kier alpha value is -1.81. The topological polar surface area (TPSA) is 77.7 Å². The molecule has 0 spiro atoms. The van der Waals surface area contributed by atoms with Gasteiger partial charge < -0.3 is 9.30 Å². The van der Waals surface area contributed by atoms with Crippen molar-refractivity contribution < 1.29 is 17.9 Å². The number of nitrogens with zero attached hydrogens (tertiary/aromatic N) is 2. The fourth-order valence-corrected chi connectivity index (χ4v) is 5.20.